The summed E-state index contributed by atoms with van der Waals surface area (Å²) in [5.74, 6) is 0.946. The van der Waals surface area contributed by atoms with Crippen molar-refractivity contribution < 1.29 is 14.4 Å². The van der Waals surface area contributed by atoms with Gasteiger partial charge in [-0.25, -0.2) is 0 Å². The quantitative estimate of drug-likeness (QED) is 0.827. The molecule has 0 aromatic carbocycles. The lowest BCUT2D eigenvalue weighted by atomic mass is 10.1. The monoisotopic (exact) mass is 224 g/mol. The zero-order valence-corrected chi connectivity index (χ0v) is 9.56. The lowest BCUT2D eigenvalue weighted by Crippen LogP contribution is -1.96. The van der Waals surface area contributed by atoms with Gasteiger partial charge in [0.25, 0.3) is 0 Å². The normalized spacial score (nSPS) is 22.0. The smallest absolute Gasteiger partial charge is 0.303 e. The van der Waals surface area contributed by atoms with Gasteiger partial charge in [0, 0.05) is 18.8 Å². The number of carboxylic acid groups (broad SMARTS) is 1. The van der Waals surface area contributed by atoms with Gasteiger partial charge in [0.15, 0.2) is 5.82 Å². The molecule has 2 rings (SSSR count). The van der Waals surface area contributed by atoms with Crippen molar-refractivity contribution in [2.75, 3.05) is 0 Å². The Morgan fingerprint density at radius 1 is 1.62 bits per heavy atom. The van der Waals surface area contributed by atoms with Crippen LogP contribution in [-0.4, -0.2) is 21.2 Å². The summed E-state index contributed by atoms with van der Waals surface area (Å²) in [4.78, 5) is 14.6. The second kappa shape index (κ2) is 3.88. The van der Waals surface area contributed by atoms with Gasteiger partial charge in [0.05, 0.1) is 0 Å². The lowest BCUT2D eigenvalue weighted by Gasteiger charge is -1.95. The molecule has 16 heavy (non-hydrogen) atoms. The molecule has 0 aliphatic heterocycles. The maximum atomic E-state index is 10.3. The largest absolute Gasteiger partial charge is 0.481 e. The third kappa shape index (κ3) is 2.40. The Morgan fingerprint density at radius 3 is 2.88 bits per heavy atom. The zero-order chi connectivity index (χ0) is 11.8. The van der Waals surface area contributed by atoms with Crippen LogP contribution in [0.1, 0.15) is 50.7 Å². The third-order valence-corrected chi connectivity index (χ3v) is 3.09. The first-order valence-electron chi connectivity index (χ1n) is 5.53. The van der Waals surface area contributed by atoms with E-state index in [0.29, 0.717) is 30.1 Å². The van der Waals surface area contributed by atoms with Crippen LogP contribution in [0.25, 0.3) is 0 Å². The number of rotatable bonds is 5. The van der Waals surface area contributed by atoms with Crippen molar-refractivity contribution in [2.45, 2.75) is 45.4 Å². The van der Waals surface area contributed by atoms with Crippen molar-refractivity contribution >= 4 is 5.97 Å². The van der Waals surface area contributed by atoms with E-state index in [-0.39, 0.29) is 6.42 Å². The van der Waals surface area contributed by atoms with Gasteiger partial charge in [-0.2, -0.15) is 4.98 Å². The molecule has 1 fully saturated rings. The van der Waals surface area contributed by atoms with Crippen LogP contribution in [-0.2, 0) is 11.2 Å². The van der Waals surface area contributed by atoms with Crippen molar-refractivity contribution in [3.8, 4) is 0 Å². The Kier molecular flexibility index (Phi) is 2.69. The van der Waals surface area contributed by atoms with E-state index in [4.69, 9.17) is 9.63 Å². The van der Waals surface area contributed by atoms with Crippen molar-refractivity contribution in [2.24, 2.45) is 5.41 Å². The van der Waals surface area contributed by atoms with E-state index < -0.39 is 5.97 Å². The maximum absolute atomic E-state index is 10.3. The number of aliphatic carboxylic acids is 1. The summed E-state index contributed by atoms with van der Waals surface area (Å²) in [7, 11) is 0. The van der Waals surface area contributed by atoms with Crippen molar-refractivity contribution in [1.82, 2.24) is 10.1 Å². The van der Waals surface area contributed by atoms with Crippen LogP contribution >= 0.6 is 0 Å². The minimum atomic E-state index is -0.789. The molecule has 0 radical (unpaired) electrons. The SMILES string of the molecule is CC1(C)CC1c1noc(CCCC(=O)O)n1. The highest BCUT2D eigenvalue weighted by molar-refractivity contribution is 5.66. The molecule has 0 bridgehead atoms. The summed E-state index contributed by atoms with van der Waals surface area (Å²) in [6.07, 6.45) is 2.34. The molecular weight excluding hydrogens is 208 g/mol. The van der Waals surface area contributed by atoms with Crippen LogP contribution in [0.2, 0.25) is 0 Å². The van der Waals surface area contributed by atoms with Crippen LogP contribution in [0.5, 0.6) is 0 Å². The highest BCUT2D eigenvalue weighted by Gasteiger charge is 2.49. The van der Waals surface area contributed by atoms with Crippen LogP contribution in [0.15, 0.2) is 4.52 Å². The first kappa shape index (κ1) is 11.1. The minimum absolute atomic E-state index is 0.145. The molecular formula is C11H16N2O3. The summed E-state index contributed by atoms with van der Waals surface area (Å²) in [5.41, 5.74) is 0.294. The van der Waals surface area contributed by atoms with Crippen LogP contribution in [0.4, 0.5) is 0 Å². The van der Waals surface area contributed by atoms with Crippen molar-refractivity contribution in [3.63, 3.8) is 0 Å². The van der Waals surface area contributed by atoms with Gasteiger partial charge in [-0.15, -0.1) is 0 Å². The molecule has 1 atom stereocenters. The van der Waals surface area contributed by atoms with E-state index in [2.05, 4.69) is 24.0 Å². The fourth-order valence-electron chi connectivity index (χ4n) is 1.81. The highest BCUT2D eigenvalue weighted by atomic mass is 16.5. The van der Waals surface area contributed by atoms with E-state index >= 15 is 0 Å². The number of hydrogen-bond acceptors (Lipinski definition) is 4. The molecule has 0 saturated heterocycles. The van der Waals surface area contributed by atoms with Gasteiger partial charge < -0.3 is 9.63 Å². The average Bonchev–Trinajstić information content (AvgIpc) is 2.60. The molecule has 1 unspecified atom stereocenters. The second-order valence-electron chi connectivity index (χ2n) is 5.04. The summed E-state index contributed by atoms with van der Waals surface area (Å²) in [6.45, 7) is 4.36. The molecule has 1 aromatic rings. The molecule has 5 nitrogen and oxygen atoms in total. The summed E-state index contributed by atoms with van der Waals surface area (Å²) in [5, 5.41) is 12.4. The average molecular weight is 224 g/mol. The van der Waals surface area contributed by atoms with E-state index in [1.165, 1.54) is 0 Å². The second-order valence-corrected chi connectivity index (χ2v) is 5.04. The highest BCUT2D eigenvalue weighted by Crippen LogP contribution is 2.57. The third-order valence-electron chi connectivity index (χ3n) is 3.09. The van der Waals surface area contributed by atoms with E-state index in [1.54, 1.807) is 0 Å². The Labute approximate surface area is 93.9 Å². The Hall–Kier alpha value is -1.39. The number of aromatic nitrogens is 2. The zero-order valence-electron chi connectivity index (χ0n) is 9.56. The molecule has 88 valence electrons. The van der Waals surface area contributed by atoms with Crippen LogP contribution in [0, 0.1) is 5.41 Å². The first-order valence-corrected chi connectivity index (χ1v) is 5.53. The van der Waals surface area contributed by atoms with Gasteiger partial charge in [0.2, 0.25) is 5.89 Å². The number of carboxylic acids is 1. The van der Waals surface area contributed by atoms with Crippen LogP contribution < -0.4 is 0 Å². The number of carbonyl (C=O) groups is 1. The Morgan fingerprint density at radius 2 is 2.31 bits per heavy atom. The first-order chi connectivity index (χ1) is 7.49. The molecule has 1 heterocycles. The van der Waals surface area contributed by atoms with Gasteiger partial charge in [-0.1, -0.05) is 19.0 Å². The van der Waals surface area contributed by atoms with Gasteiger partial charge in [-0.3, -0.25) is 4.79 Å². The van der Waals surface area contributed by atoms with Gasteiger partial charge in [-0.05, 0) is 18.3 Å². The van der Waals surface area contributed by atoms with Crippen molar-refractivity contribution in [1.29, 1.82) is 0 Å². The Bertz CT molecular complexity index is 398. The predicted molar refractivity (Wildman–Crippen MR) is 56.0 cm³/mol. The molecule has 0 amide bonds. The Balaban J connectivity index is 1.86. The lowest BCUT2D eigenvalue weighted by molar-refractivity contribution is -0.137. The van der Waals surface area contributed by atoms with E-state index in [0.717, 1.165) is 12.2 Å². The maximum Gasteiger partial charge on any atom is 0.303 e. The van der Waals surface area contributed by atoms with E-state index in [1.807, 2.05) is 0 Å². The van der Waals surface area contributed by atoms with Crippen molar-refractivity contribution in [3.05, 3.63) is 11.7 Å². The number of nitrogens with zero attached hydrogens (tertiary/aromatic N) is 2. The fourth-order valence-corrected chi connectivity index (χ4v) is 1.81. The molecule has 0 spiro atoms. The fraction of sp³-hybridized carbons (Fsp3) is 0.727. The molecule has 1 N–H and O–H groups in total. The van der Waals surface area contributed by atoms with Gasteiger partial charge >= 0.3 is 5.97 Å². The molecule has 1 aromatic heterocycles. The molecule has 5 heteroatoms. The topological polar surface area (TPSA) is 76.2 Å². The predicted octanol–water partition coefficient (Wildman–Crippen LogP) is 1.99. The number of aryl methyl sites for hydroxylation is 1. The molecule has 1 aliphatic rings. The number of hydrogen-bond donors (Lipinski definition) is 1. The van der Waals surface area contributed by atoms with E-state index in [9.17, 15) is 4.79 Å². The van der Waals surface area contributed by atoms with Gasteiger partial charge in [0.1, 0.15) is 0 Å². The summed E-state index contributed by atoms with van der Waals surface area (Å²) >= 11 is 0. The standard InChI is InChI=1S/C11H16N2O3/c1-11(2)6-7(11)10-12-8(16-13-10)4-3-5-9(14)15/h7H,3-6H2,1-2H3,(H,14,15). The summed E-state index contributed by atoms with van der Waals surface area (Å²) in [6, 6.07) is 0. The minimum Gasteiger partial charge on any atom is -0.481 e. The van der Waals surface area contributed by atoms with Crippen LogP contribution in [0.3, 0.4) is 0 Å². The summed E-state index contributed by atoms with van der Waals surface area (Å²) < 4.78 is 5.09. The molecule has 1 aliphatic carbocycles. The molecule has 1 saturated carbocycles.